The molecule has 0 bridgehead atoms. The number of nitrogens with zero attached hydrogens (tertiary/aromatic N) is 3. The number of fused-ring (bicyclic) bond motifs is 2. The normalized spacial score (nSPS) is 26.0. The predicted octanol–water partition coefficient (Wildman–Crippen LogP) is 2.13. The van der Waals surface area contributed by atoms with E-state index in [4.69, 9.17) is 4.74 Å². The van der Waals surface area contributed by atoms with Crippen LogP contribution < -0.4 is 4.74 Å². The lowest BCUT2D eigenvalue weighted by molar-refractivity contribution is 0.122. The third kappa shape index (κ3) is 3.22. The van der Waals surface area contributed by atoms with Gasteiger partial charge in [0.15, 0.2) is 0 Å². The highest BCUT2D eigenvalue weighted by molar-refractivity contribution is 7.89. The molecular weight excluding hydrogens is 350 g/mol. The fourth-order valence-electron chi connectivity index (χ4n) is 3.80. The number of rotatable bonds is 2. The molecule has 2 aliphatic heterocycles. The standard InChI is InChI=1S/C19H23N3O3S/c1-21-16-9-12-22(14-15-6-4-5-11-20-15)13-10-17(16)25-18-7-2-3-8-19(18)26(21,23)24/h2-8,11,16-17H,9-10,12-14H2,1H3/t16-,17-/m1/s1. The molecule has 0 saturated carbocycles. The van der Waals surface area contributed by atoms with Crippen LogP contribution in [0.1, 0.15) is 18.5 Å². The van der Waals surface area contributed by atoms with Crippen molar-refractivity contribution in [3.8, 4) is 5.75 Å². The van der Waals surface area contributed by atoms with E-state index in [0.717, 1.165) is 38.2 Å². The zero-order chi connectivity index (χ0) is 18.1. The van der Waals surface area contributed by atoms with E-state index in [0.29, 0.717) is 5.75 Å². The highest BCUT2D eigenvalue weighted by Crippen LogP contribution is 2.35. The molecule has 138 valence electrons. The second-order valence-electron chi connectivity index (χ2n) is 6.87. The Hall–Kier alpha value is -1.96. The van der Waals surface area contributed by atoms with Gasteiger partial charge >= 0.3 is 0 Å². The van der Waals surface area contributed by atoms with Gasteiger partial charge in [-0.25, -0.2) is 8.42 Å². The van der Waals surface area contributed by atoms with E-state index in [1.54, 1.807) is 31.4 Å². The molecule has 2 aliphatic rings. The number of hydrogen-bond acceptors (Lipinski definition) is 5. The van der Waals surface area contributed by atoms with Crippen molar-refractivity contribution in [2.75, 3.05) is 20.1 Å². The van der Waals surface area contributed by atoms with Gasteiger partial charge in [-0.1, -0.05) is 18.2 Å². The molecule has 0 unspecified atom stereocenters. The molecule has 2 atom stereocenters. The Morgan fingerprint density at radius 1 is 1.12 bits per heavy atom. The number of ether oxygens (including phenoxy) is 1. The van der Waals surface area contributed by atoms with Gasteiger partial charge in [-0.2, -0.15) is 4.31 Å². The summed E-state index contributed by atoms with van der Waals surface area (Å²) in [7, 11) is -1.87. The molecule has 3 heterocycles. The topological polar surface area (TPSA) is 62.7 Å². The summed E-state index contributed by atoms with van der Waals surface area (Å²) < 4.78 is 33.7. The number of benzene rings is 1. The minimum Gasteiger partial charge on any atom is -0.487 e. The van der Waals surface area contributed by atoms with Gasteiger partial charge in [0.2, 0.25) is 10.0 Å². The van der Waals surface area contributed by atoms with Crippen molar-refractivity contribution in [2.45, 2.75) is 36.4 Å². The van der Waals surface area contributed by atoms with Crippen molar-refractivity contribution in [1.29, 1.82) is 0 Å². The van der Waals surface area contributed by atoms with Gasteiger partial charge in [0, 0.05) is 32.9 Å². The first kappa shape index (κ1) is 17.5. The summed E-state index contributed by atoms with van der Waals surface area (Å²) in [6.45, 7) is 2.44. The van der Waals surface area contributed by atoms with Crippen molar-refractivity contribution in [3.63, 3.8) is 0 Å². The Labute approximate surface area is 154 Å². The van der Waals surface area contributed by atoms with Crippen LogP contribution in [0.2, 0.25) is 0 Å². The van der Waals surface area contributed by atoms with Crippen LogP contribution >= 0.6 is 0 Å². The summed E-state index contributed by atoms with van der Waals surface area (Å²) in [5.41, 5.74) is 1.03. The molecular formula is C19H23N3O3S. The molecule has 6 nitrogen and oxygen atoms in total. The van der Waals surface area contributed by atoms with Crippen molar-refractivity contribution >= 4 is 10.0 Å². The summed E-state index contributed by atoms with van der Waals surface area (Å²) in [6, 6.07) is 12.7. The second-order valence-corrected chi connectivity index (χ2v) is 8.83. The average Bonchev–Trinajstić information content (AvgIpc) is 2.88. The molecule has 0 spiro atoms. The highest BCUT2D eigenvalue weighted by atomic mass is 32.2. The third-order valence-corrected chi connectivity index (χ3v) is 7.19. The van der Waals surface area contributed by atoms with Crippen LogP contribution in [0, 0.1) is 0 Å². The molecule has 0 aliphatic carbocycles. The number of likely N-dealkylation sites (tertiary alicyclic amines) is 1. The Balaban J connectivity index is 1.58. The van der Waals surface area contributed by atoms with Gasteiger partial charge in [0.25, 0.3) is 0 Å². The molecule has 1 aromatic heterocycles. The Bertz CT molecular complexity index is 873. The molecule has 4 rings (SSSR count). The molecule has 26 heavy (non-hydrogen) atoms. The van der Waals surface area contributed by atoms with E-state index >= 15 is 0 Å². The zero-order valence-electron chi connectivity index (χ0n) is 14.8. The maximum absolute atomic E-state index is 13.0. The van der Waals surface area contributed by atoms with Crippen LogP contribution in [0.25, 0.3) is 0 Å². The first-order valence-electron chi connectivity index (χ1n) is 8.92. The molecule has 7 heteroatoms. The van der Waals surface area contributed by atoms with Crippen LogP contribution in [-0.4, -0.2) is 54.9 Å². The molecule has 2 aromatic rings. The van der Waals surface area contributed by atoms with Crippen molar-refractivity contribution in [3.05, 3.63) is 54.4 Å². The fraction of sp³-hybridized carbons (Fsp3) is 0.421. The van der Waals surface area contributed by atoms with Crippen molar-refractivity contribution in [2.24, 2.45) is 0 Å². The maximum atomic E-state index is 13.0. The Morgan fingerprint density at radius 3 is 2.69 bits per heavy atom. The van der Waals surface area contributed by atoms with Gasteiger partial charge in [-0.05, 0) is 37.1 Å². The van der Waals surface area contributed by atoms with Gasteiger partial charge in [-0.15, -0.1) is 0 Å². The number of sulfonamides is 1. The minimum absolute atomic E-state index is 0.146. The smallest absolute Gasteiger partial charge is 0.246 e. The molecule has 0 amide bonds. The molecule has 1 aromatic carbocycles. The average molecular weight is 373 g/mol. The zero-order valence-corrected chi connectivity index (χ0v) is 15.6. The van der Waals surface area contributed by atoms with Crippen LogP contribution in [-0.2, 0) is 16.6 Å². The largest absolute Gasteiger partial charge is 0.487 e. The van der Waals surface area contributed by atoms with Crippen LogP contribution in [0.4, 0.5) is 0 Å². The van der Waals surface area contributed by atoms with Gasteiger partial charge in [0.1, 0.15) is 16.7 Å². The minimum atomic E-state index is -3.54. The highest BCUT2D eigenvalue weighted by Gasteiger charge is 2.41. The first-order valence-corrected chi connectivity index (χ1v) is 10.4. The van der Waals surface area contributed by atoms with E-state index in [1.807, 2.05) is 24.3 Å². The van der Waals surface area contributed by atoms with E-state index in [2.05, 4.69) is 9.88 Å². The van der Waals surface area contributed by atoms with E-state index in [1.165, 1.54) is 4.31 Å². The molecule has 1 fully saturated rings. The number of pyridine rings is 1. The van der Waals surface area contributed by atoms with E-state index < -0.39 is 10.0 Å². The lowest BCUT2D eigenvalue weighted by Gasteiger charge is -2.28. The summed E-state index contributed by atoms with van der Waals surface area (Å²) in [5.74, 6) is 0.463. The number of hydrogen-bond donors (Lipinski definition) is 0. The molecule has 1 saturated heterocycles. The van der Waals surface area contributed by atoms with E-state index in [-0.39, 0.29) is 17.0 Å². The monoisotopic (exact) mass is 373 g/mol. The number of aromatic nitrogens is 1. The second kappa shape index (κ2) is 6.98. The number of para-hydroxylation sites is 1. The first-order chi connectivity index (χ1) is 12.6. The van der Waals surface area contributed by atoms with Gasteiger partial charge in [0.05, 0.1) is 11.7 Å². The van der Waals surface area contributed by atoms with Gasteiger partial charge < -0.3 is 4.74 Å². The SMILES string of the molecule is CN1[C@@H]2CCN(Cc3ccccn3)CC[C@H]2Oc2ccccc2S1(=O)=O. The van der Waals surface area contributed by atoms with E-state index in [9.17, 15) is 8.42 Å². The maximum Gasteiger partial charge on any atom is 0.246 e. The molecule has 0 radical (unpaired) electrons. The fourth-order valence-corrected chi connectivity index (χ4v) is 5.33. The third-order valence-electron chi connectivity index (χ3n) is 5.26. The quantitative estimate of drug-likeness (QED) is 0.807. The summed E-state index contributed by atoms with van der Waals surface area (Å²) in [6.07, 6.45) is 3.18. The molecule has 0 N–H and O–H groups in total. The van der Waals surface area contributed by atoms with Crippen LogP contribution in [0.3, 0.4) is 0 Å². The van der Waals surface area contributed by atoms with Crippen LogP contribution in [0.5, 0.6) is 5.75 Å². The summed E-state index contributed by atoms with van der Waals surface area (Å²) in [5, 5.41) is 0. The Kier molecular flexibility index (Phi) is 4.69. The van der Waals surface area contributed by atoms with Crippen molar-refractivity contribution in [1.82, 2.24) is 14.2 Å². The lowest BCUT2D eigenvalue weighted by atomic mass is 10.1. The summed E-state index contributed by atoms with van der Waals surface area (Å²) in [4.78, 5) is 6.99. The lowest BCUT2D eigenvalue weighted by Crippen LogP contribution is -2.44. The van der Waals surface area contributed by atoms with Gasteiger partial charge in [-0.3, -0.25) is 9.88 Å². The van der Waals surface area contributed by atoms with Crippen molar-refractivity contribution < 1.29 is 13.2 Å². The van der Waals surface area contributed by atoms with Crippen LogP contribution in [0.15, 0.2) is 53.6 Å². The predicted molar refractivity (Wildman–Crippen MR) is 98.3 cm³/mol. The Morgan fingerprint density at radius 2 is 1.88 bits per heavy atom. The summed E-state index contributed by atoms with van der Waals surface area (Å²) >= 11 is 0. The number of likely N-dealkylation sites (N-methyl/N-ethyl adjacent to an activating group) is 1.